The molecule has 2 heterocycles. The largest absolute Gasteiger partial charge is 0.457 e. The summed E-state index contributed by atoms with van der Waals surface area (Å²) < 4.78 is 6.51. The maximum atomic E-state index is 6.51. The first-order chi connectivity index (χ1) is 24.2. The quantitative estimate of drug-likeness (QED) is 0.196. The van der Waals surface area contributed by atoms with Crippen LogP contribution in [-0.4, -0.2) is 15.0 Å². The Morgan fingerprint density at radius 3 is 1.76 bits per heavy atom. The monoisotopic (exact) mass is 627 g/mol. The lowest BCUT2D eigenvalue weighted by Crippen LogP contribution is -2.32. The number of para-hydroxylation sites is 2. The second-order valence-corrected chi connectivity index (χ2v) is 12.8. The van der Waals surface area contributed by atoms with Gasteiger partial charge in [-0.1, -0.05) is 140 Å². The standard InChI is InChI=1S/C45H29N3O/c1-28-46-43(31-23-21-30(22-24-31)34-15-10-12-29-11-2-3-13-33(29)34)48-44(47-28)32-25-26-36-35-14-4-5-16-37(35)45(40(36)27-32)38-17-6-8-19-41(38)49-42-20-9-7-18-39(42)45/h2-27H,1H3. The maximum Gasteiger partial charge on any atom is 0.163 e. The molecule has 10 rings (SSSR count). The summed E-state index contributed by atoms with van der Waals surface area (Å²) in [5, 5.41) is 2.47. The van der Waals surface area contributed by atoms with Crippen LogP contribution < -0.4 is 4.74 Å². The molecule has 1 spiro atoms. The number of benzene rings is 7. The third kappa shape index (κ3) is 4.07. The molecule has 0 bridgehead atoms. The van der Waals surface area contributed by atoms with Crippen molar-refractivity contribution in [3.8, 4) is 56.5 Å². The second-order valence-electron chi connectivity index (χ2n) is 12.8. The van der Waals surface area contributed by atoms with Crippen LogP contribution in [0.1, 0.15) is 28.1 Å². The van der Waals surface area contributed by atoms with E-state index < -0.39 is 5.41 Å². The van der Waals surface area contributed by atoms with Gasteiger partial charge < -0.3 is 4.74 Å². The fourth-order valence-electron chi connectivity index (χ4n) is 8.01. The summed E-state index contributed by atoms with van der Waals surface area (Å²) in [4.78, 5) is 14.7. The molecule has 1 aliphatic carbocycles. The van der Waals surface area contributed by atoms with Crippen LogP contribution in [0.5, 0.6) is 11.5 Å². The van der Waals surface area contributed by atoms with E-state index in [-0.39, 0.29) is 0 Å². The summed E-state index contributed by atoms with van der Waals surface area (Å²) in [7, 11) is 0. The number of hydrogen-bond donors (Lipinski definition) is 0. The van der Waals surface area contributed by atoms with Crippen molar-refractivity contribution in [2.45, 2.75) is 12.3 Å². The molecule has 0 saturated heterocycles. The molecule has 230 valence electrons. The second kappa shape index (κ2) is 10.6. The Kier molecular flexibility index (Phi) is 5.97. The zero-order valence-corrected chi connectivity index (χ0v) is 26.8. The Morgan fingerprint density at radius 1 is 0.429 bits per heavy atom. The fourth-order valence-corrected chi connectivity index (χ4v) is 8.01. The highest BCUT2D eigenvalue weighted by Gasteiger charge is 2.51. The predicted octanol–water partition coefficient (Wildman–Crippen LogP) is 10.8. The number of hydrogen-bond acceptors (Lipinski definition) is 4. The van der Waals surface area contributed by atoms with Crippen molar-refractivity contribution in [2.75, 3.05) is 0 Å². The Bertz CT molecular complexity index is 2560. The van der Waals surface area contributed by atoms with Gasteiger partial charge in [-0.15, -0.1) is 0 Å². The first-order valence-corrected chi connectivity index (χ1v) is 16.6. The van der Waals surface area contributed by atoms with Crippen molar-refractivity contribution < 1.29 is 4.74 Å². The maximum absolute atomic E-state index is 6.51. The number of aromatic nitrogens is 3. The van der Waals surface area contributed by atoms with Gasteiger partial charge in [0.25, 0.3) is 0 Å². The molecular weight excluding hydrogens is 599 g/mol. The van der Waals surface area contributed by atoms with E-state index in [0.717, 1.165) is 39.3 Å². The van der Waals surface area contributed by atoms with Gasteiger partial charge in [0.1, 0.15) is 17.3 Å². The summed E-state index contributed by atoms with van der Waals surface area (Å²) in [6.45, 7) is 1.94. The van der Waals surface area contributed by atoms with Gasteiger partial charge in [-0.3, -0.25) is 0 Å². The molecule has 4 heteroatoms. The van der Waals surface area contributed by atoms with Gasteiger partial charge in [-0.25, -0.2) is 15.0 Å². The van der Waals surface area contributed by atoms with Crippen molar-refractivity contribution in [1.29, 1.82) is 0 Å². The molecule has 8 aromatic rings. The zero-order chi connectivity index (χ0) is 32.5. The number of nitrogens with zero attached hydrogens (tertiary/aromatic N) is 3. The third-order valence-electron chi connectivity index (χ3n) is 10.1. The number of rotatable bonds is 3. The lowest BCUT2D eigenvalue weighted by molar-refractivity contribution is 0.436. The van der Waals surface area contributed by atoms with Crippen molar-refractivity contribution in [1.82, 2.24) is 15.0 Å². The van der Waals surface area contributed by atoms with Crippen LogP contribution in [0.2, 0.25) is 0 Å². The van der Waals surface area contributed by atoms with E-state index in [1.54, 1.807) is 0 Å². The zero-order valence-electron chi connectivity index (χ0n) is 26.8. The molecule has 0 radical (unpaired) electrons. The van der Waals surface area contributed by atoms with Crippen molar-refractivity contribution >= 4 is 10.8 Å². The minimum Gasteiger partial charge on any atom is -0.457 e. The number of aryl methyl sites for hydroxylation is 1. The predicted molar refractivity (Wildman–Crippen MR) is 196 cm³/mol. The van der Waals surface area contributed by atoms with E-state index in [2.05, 4.69) is 146 Å². The van der Waals surface area contributed by atoms with Crippen LogP contribution in [0.3, 0.4) is 0 Å². The molecule has 49 heavy (non-hydrogen) atoms. The molecule has 0 atom stereocenters. The molecule has 1 aliphatic heterocycles. The average Bonchev–Trinajstić information content (AvgIpc) is 3.44. The summed E-state index contributed by atoms with van der Waals surface area (Å²) in [6.07, 6.45) is 0. The highest BCUT2D eigenvalue weighted by molar-refractivity contribution is 5.97. The summed E-state index contributed by atoms with van der Waals surface area (Å²) >= 11 is 0. The summed E-state index contributed by atoms with van der Waals surface area (Å²) in [6, 6.07) is 55.8. The van der Waals surface area contributed by atoms with Crippen molar-refractivity contribution in [2.24, 2.45) is 0 Å². The molecule has 0 saturated carbocycles. The Labute approximate surface area is 284 Å². The average molecular weight is 628 g/mol. The molecule has 2 aliphatic rings. The van der Waals surface area contributed by atoms with Gasteiger partial charge in [0.15, 0.2) is 11.6 Å². The molecule has 7 aromatic carbocycles. The van der Waals surface area contributed by atoms with E-state index in [4.69, 9.17) is 19.7 Å². The lowest BCUT2D eigenvalue weighted by atomic mass is 9.66. The Balaban J connectivity index is 1.12. The molecule has 0 N–H and O–H groups in total. The van der Waals surface area contributed by atoms with E-state index in [1.165, 1.54) is 38.6 Å². The van der Waals surface area contributed by atoms with Gasteiger partial charge in [-0.05, 0) is 69.3 Å². The third-order valence-corrected chi connectivity index (χ3v) is 10.1. The Hall–Kier alpha value is -6.39. The molecule has 4 nitrogen and oxygen atoms in total. The first kappa shape index (κ1) is 27.7. The summed E-state index contributed by atoms with van der Waals surface area (Å²) in [5.41, 5.74) is 10.9. The minimum absolute atomic E-state index is 0.546. The SMILES string of the molecule is Cc1nc(-c2ccc(-c3cccc4ccccc34)cc2)nc(-c2ccc3c(c2)C2(c4ccccc4Oc4ccccc42)c2ccccc2-3)n1. The van der Waals surface area contributed by atoms with E-state index >= 15 is 0 Å². The van der Waals surface area contributed by atoms with E-state index in [9.17, 15) is 0 Å². The summed E-state index contributed by atoms with van der Waals surface area (Å²) in [5.74, 6) is 3.74. The van der Waals surface area contributed by atoms with Gasteiger partial charge in [0.05, 0.1) is 5.41 Å². The van der Waals surface area contributed by atoms with Gasteiger partial charge >= 0.3 is 0 Å². The Morgan fingerprint density at radius 2 is 0.980 bits per heavy atom. The van der Waals surface area contributed by atoms with E-state index in [1.807, 2.05) is 19.1 Å². The number of ether oxygens (including phenoxy) is 1. The van der Waals surface area contributed by atoms with Crippen LogP contribution in [0.15, 0.2) is 158 Å². The van der Waals surface area contributed by atoms with Gasteiger partial charge in [0, 0.05) is 22.3 Å². The van der Waals surface area contributed by atoms with Crippen LogP contribution in [0.25, 0.3) is 55.8 Å². The minimum atomic E-state index is -0.546. The molecule has 0 unspecified atom stereocenters. The molecular formula is C45H29N3O. The highest BCUT2D eigenvalue weighted by atomic mass is 16.5. The molecule has 1 aromatic heterocycles. The van der Waals surface area contributed by atoms with E-state index in [0.29, 0.717) is 17.5 Å². The van der Waals surface area contributed by atoms with Crippen LogP contribution >= 0.6 is 0 Å². The fraction of sp³-hybridized carbons (Fsp3) is 0.0444. The van der Waals surface area contributed by atoms with Gasteiger partial charge in [-0.2, -0.15) is 0 Å². The topological polar surface area (TPSA) is 47.9 Å². The smallest absolute Gasteiger partial charge is 0.163 e. The lowest BCUT2D eigenvalue weighted by Gasteiger charge is -2.39. The number of fused-ring (bicyclic) bond motifs is 10. The van der Waals surface area contributed by atoms with Crippen LogP contribution in [-0.2, 0) is 5.41 Å². The first-order valence-electron chi connectivity index (χ1n) is 16.6. The molecule has 0 fully saturated rings. The van der Waals surface area contributed by atoms with Crippen LogP contribution in [0, 0.1) is 6.92 Å². The van der Waals surface area contributed by atoms with Crippen molar-refractivity contribution in [3.63, 3.8) is 0 Å². The van der Waals surface area contributed by atoms with Crippen molar-refractivity contribution in [3.05, 3.63) is 186 Å². The molecule has 0 amide bonds. The van der Waals surface area contributed by atoms with Gasteiger partial charge in [0.2, 0.25) is 0 Å². The van der Waals surface area contributed by atoms with Crippen LogP contribution in [0.4, 0.5) is 0 Å². The highest BCUT2D eigenvalue weighted by Crippen LogP contribution is 2.62. The normalized spacial score (nSPS) is 13.3.